The summed E-state index contributed by atoms with van der Waals surface area (Å²) in [4.78, 5) is 0. The third kappa shape index (κ3) is 3.14. The first kappa shape index (κ1) is 14.0. The van der Waals surface area contributed by atoms with Crippen molar-refractivity contribution in [1.82, 2.24) is 0 Å². The monoisotopic (exact) mass is 458 g/mol. The van der Waals surface area contributed by atoms with Crippen LogP contribution in [0.1, 0.15) is 17.2 Å². The number of hydrogen-bond donors (Lipinski definition) is 1. The Morgan fingerprint density at radius 3 is 2.35 bits per heavy atom. The zero-order valence-electron chi connectivity index (χ0n) is 8.25. The van der Waals surface area contributed by atoms with Crippen LogP contribution in [0.2, 0.25) is 5.02 Å². The molecule has 0 radical (unpaired) electrons. The van der Waals surface area contributed by atoms with E-state index in [1.54, 1.807) is 12.1 Å². The number of aliphatic hydroxyl groups excluding tert-OH is 1. The molecule has 1 aromatic heterocycles. The van der Waals surface area contributed by atoms with E-state index in [0.717, 1.165) is 23.2 Å². The third-order valence-electron chi connectivity index (χ3n) is 2.23. The number of benzene rings is 1. The summed E-state index contributed by atoms with van der Waals surface area (Å²) in [5, 5.41) is 11.0. The zero-order chi connectivity index (χ0) is 12.6. The van der Waals surface area contributed by atoms with Gasteiger partial charge in [-0.2, -0.15) is 0 Å². The average molecular weight is 461 g/mol. The molecule has 0 amide bonds. The van der Waals surface area contributed by atoms with E-state index in [4.69, 9.17) is 11.6 Å². The molecule has 6 heteroatoms. The SMILES string of the molecule is OC(c1ccc(Cl)cc1Br)c1cc(Br)sc1Br. The van der Waals surface area contributed by atoms with E-state index in [0.29, 0.717) is 5.02 Å². The number of aliphatic hydroxyl groups is 1. The van der Waals surface area contributed by atoms with Crippen molar-refractivity contribution in [1.29, 1.82) is 0 Å². The lowest BCUT2D eigenvalue weighted by molar-refractivity contribution is 0.219. The van der Waals surface area contributed by atoms with Crippen molar-refractivity contribution in [3.8, 4) is 0 Å². The van der Waals surface area contributed by atoms with Crippen molar-refractivity contribution in [2.75, 3.05) is 0 Å². The molecule has 90 valence electrons. The molecule has 0 bridgehead atoms. The maximum Gasteiger partial charge on any atom is 0.107 e. The number of hydrogen-bond acceptors (Lipinski definition) is 2. The van der Waals surface area contributed by atoms with E-state index >= 15 is 0 Å². The van der Waals surface area contributed by atoms with Gasteiger partial charge in [0.05, 0.1) is 7.57 Å². The molecule has 17 heavy (non-hydrogen) atoms. The molecule has 0 saturated heterocycles. The molecule has 1 aromatic carbocycles. The molecule has 1 N–H and O–H groups in total. The van der Waals surface area contributed by atoms with Crippen molar-refractivity contribution in [2.45, 2.75) is 6.10 Å². The Balaban J connectivity index is 2.43. The van der Waals surface area contributed by atoms with E-state index in [1.807, 2.05) is 12.1 Å². The van der Waals surface area contributed by atoms with Gasteiger partial charge in [0.1, 0.15) is 6.10 Å². The molecule has 0 fully saturated rings. The summed E-state index contributed by atoms with van der Waals surface area (Å²) < 4.78 is 2.69. The van der Waals surface area contributed by atoms with Crippen LogP contribution >= 0.6 is 70.7 Å². The molecule has 0 saturated carbocycles. The van der Waals surface area contributed by atoms with Crippen LogP contribution in [0.15, 0.2) is 36.3 Å². The second kappa shape index (κ2) is 5.72. The minimum atomic E-state index is -0.682. The van der Waals surface area contributed by atoms with E-state index in [2.05, 4.69) is 47.8 Å². The van der Waals surface area contributed by atoms with Crippen molar-refractivity contribution < 1.29 is 5.11 Å². The van der Waals surface area contributed by atoms with Crippen molar-refractivity contribution in [3.63, 3.8) is 0 Å². The normalized spacial score (nSPS) is 12.8. The Morgan fingerprint density at radius 2 is 1.82 bits per heavy atom. The Labute approximate surface area is 133 Å². The Kier molecular flexibility index (Phi) is 4.72. The maximum atomic E-state index is 10.3. The van der Waals surface area contributed by atoms with Gasteiger partial charge in [-0.3, -0.25) is 0 Å². The summed E-state index contributed by atoms with van der Waals surface area (Å²) in [6, 6.07) is 7.26. The summed E-state index contributed by atoms with van der Waals surface area (Å²) >= 11 is 17.7. The molecule has 2 aromatic rings. The van der Waals surface area contributed by atoms with Gasteiger partial charge in [0.2, 0.25) is 0 Å². The molecule has 0 aliphatic heterocycles. The van der Waals surface area contributed by atoms with E-state index in [9.17, 15) is 5.11 Å². The highest BCUT2D eigenvalue weighted by atomic mass is 79.9. The number of halogens is 4. The minimum absolute atomic E-state index is 0.637. The van der Waals surface area contributed by atoms with E-state index < -0.39 is 6.10 Å². The van der Waals surface area contributed by atoms with Gasteiger partial charge in [-0.25, -0.2) is 0 Å². The standard InChI is InChI=1S/C11H6Br3ClOS/c12-8-3-5(15)1-2-6(8)10(16)7-4-9(13)17-11(7)14/h1-4,10,16H. The van der Waals surface area contributed by atoms with Crippen LogP contribution in [0.4, 0.5) is 0 Å². The number of rotatable bonds is 2. The highest BCUT2D eigenvalue weighted by molar-refractivity contribution is 9.12. The van der Waals surface area contributed by atoms with Crippen LogP contribution in [-0.2, 0) is 0 Å². The van der Waals surface area contributed by atoms with Crippen molar-refractivity contribution in [3.05, 3.63) is 52.5 Å². The lowest BCUT2D eigenvalue weighted by Gasteiger charge is -2.12. The highest BCUT2D eigenvalue weighted by Gasteiger charge is 2.18. The average Bonchev–Trinajstić information content (AvgIpc) is 2.57. The highest BCUT2D eigenvalue weighted by Crippen LogP contribution is 2.39. The lowest BCUT2D eigenvalue weighted by Crippen LogP contribution is -1.99. The minimum Gasteiger partial charge on any atom is -0.384 e. The summed E-state index contributed by atoms with van der Waals surface area (Å²) in [7, 11) is 0. The maximum absolute atomic E-state index is 10.3. The Morgan fingerprint density at radius 1 is 1.12 bits per heavy atom. The third-order valence-corrected chi connectivity index (χ3v) is 5.54. The van der Waals surface area contributed by atoms with Crippen LogP contribution in [0, 0.1) is 0 Å². The first-order chi connectivity index (χ1) is 7.99. The summed E-state index contributed by atoms with van der Waals surface area (Å²) in [6.45, 7) is 0. The molecule has 1 heterocycles. The van der Waals surface area contributed by atoms with Crippen molar-refractivity contribution in [2.24, 2.45) is 0 Å². The van der Waals surface area contributed by atoms with Crippen LogP contribution < -0.4 is 0 Å². The van der Waals surface area contributed by atoms with E-state index in [-0.39, 0.29) is 0 Å². The van der Waals surface area contributed by atoms with Crippen LogP contribution in [0.25, 0.3) is 0 Å². The zero-order valence-corrected chi connectivity index (χ0v) is 14.6. The molecular formula is C11H6Br3ClOS. The number of thiophene rings is 1. The largest absolute Gasteiger partial charge is 0.384 e. The molecule has 1 atom stereocenters. The molecule has 1 unspecified atom stereocenters. The predicted molar refractivity (Wildman–Crippen MR) is 82.9 cm³/mol. The molecule has 1 nitrogen and oxygen atoms in total. The molecule has 0 aliphatic rings. The lowest BCUT2D eigenvalue weighted by atomic mass is 10.0. The fourth-order valence-corrected chi connectivity index (χ4v) is 5.21. The van der Waals surface area contributed by atoms with Crippen LogP contribution in [0.3, 0.4) is 0 Å². The first-order valence-corrected chi connectivity index (χ1v) is 8.14. The smallest absolute Gasteiger partial charge is 0.107 e. The van der Waals surface area contributed by atoms with Gasteiger partial charge in [-0.15, -0.1) is 11.3 Å². The van der Waals surface area contributed by atoms with Gasteiger partial charge in [0.15, 0.2) is 0 Å². The van der Waals surface area contributed by atoms with Crippen LogP contribution in [-0.4, -0.2) is 5.11 Å². The molecule has 0 spiro atoms. The van der Waals surface area contributed by atoms with Gasteiger partial charge in [0, 0.05) is 15.1 Å². The van der Waals surface area contributed by atoms with Gasteiger partial charge < -0.3 is 5.11 Å². The van der Waals surface area contributed by atoms with Gasteiger partial charge >= 0.3 is 0 Å². The molecule has 0 aliphatic carbocycles. The second-order valence-corrected chi connectivity index (χ2v) is 8.39. The Bertz CT molecular complexity index is 556. The second-order valence-electron chi connectivity index (χ2n) is 3.35. The fourth-order valence-electron chi connectivity index (χ4n) is 1.43. The summed E-state index contributed by atoms with van der Waals surface area (Å²) in [5.41, 5.74) is 1.63. The summed E-state index contributed by atoms with van der Waals surface area (Å²) in [5.74, 6) is 0. The van der Waals surface area contributed by atoms with Crippen LogP contribution in [0.5, 0.6) is 0 Å². The van der Waals surface area contributed by atoms with Gasteiger partial charge in [-0.1, -0.05) is 33.6 Å². The summed E-state index contributed by atoms with van der Waals surface area (Å²) in [6.07, 6.45) is -0.682. The quantitative estimate of drug-likeness (QED) is 0.602. The van der Waals surface area contributed by atoms with E-state index in [1.165, 1.54) is 11.3 Å². The van der Waals surface area contributed by atoms with Gasteiger partial charge in [-0.05, 0) is 55.6 Å². The van der Waals surface area contributed by atoms with Gasteiger partial charge in [0.25, 0.3) is 0 Å². The predicted octanol–water partition coefficient (Wildman–Crippen LogP) is 5.77. The van der Waals surface area contributed by atoms with Crippen molar-refractivity contribution >= 4 is 70.7 Å². The molecule has 2 rings (SSSR count). The first-order valence-electron chi connectivity index (χ1n) is 4.57. The topological polar surface area (TPSA) is 20.2 Å². The molecular weight excluding hydrogens is 455 g/mol. The fraction of sp³-hybridized carbons (Fsp3) is 0.0909. The Hall–Kier alpha value is 0.610.